The maximum Gasteiger partial charge on any atom is 0.491 e. The predicted octanol–water partition coefficient (Wildman–Crippen LogP) is -0.905. The first kappa shape index (κ1) is 11.3. The van der Waals surface area contributed by atoms with Crippen LogP contribution in [0.5, 0.6) is 0 Å². The molecule has 1 fully saturated rings. The van der Waals surface area contributed by atoms with Crippen LogP contribution in [0.25, 0.3) is 0 Å². The Morgan fingerprint density at radius 2 is 1.81 bits per heavy atom. The van der Waals surface area contributed by atoms with Gasteiger partial charge in [-0.2, -0.15) is 0 Å². The Bertz CT molecular complexity index is 341. The lowest BCUT2D eigenvalue weighted by atomic mass is 9.83. The van der Waals surface area contributed by atoms with E-state index < -0.39 is 13.3 Å². The van der Waals surface area contributed by atoms with E-state index in [1.807, 2.05) is 4.90 Å². The maximum absolute atomic E-state index is 12.9. The molecule has 5 nitrogen and oxygen atoms in total. The summed E-state index contributed by atoms with van der Waals surface area (Å²) in [6, 6.07) is 0. The van der Waals surface area contributed by atoms with Crippen LogP contribution in [0.1, 0.15) is 12.8 Å². The topological polar surface area (TPSA) is 69.5 Å². The molecule has 1 aliphatic rings. The van der Waals surface area contributed by atoms with Crippen molar-refractivity contribution in [3.63, 3.8) is 0 Å². The fourth-order valence-electron chi connectivity index (χ4n) is 1.68. The molecule has 0 aromatic carbocycles. The molecule has 0 amide bonds. The Morgan fingerprint density at radius 3 is 2.31 bits per heavy atom. The molecule has 0 atom stereocenters. The predicted molar refractivity (Wildman–Crippen MR) is 58.2 cm³/mol. The molecule has 1 aromatic rings. The molecule has 0 radical (unpaired) electrons. The van der Waals surface area contributed by atoms with Gasteiger partial charge in [-0.1, -0.05) is 0 Å². The third-order valence-electron chi connectivity index (χ3n) is 2.66. The van der Waals surface area contributed by atoms with Crippen LogP contribution >= 0.6 is 0 Å². The fourth-order valence-corrected chi connectivity index (χ4v) is 1.68. The van der Waals surface area contributed by atoms with Gasteiger partial charge in [0.1, 0.15) is 6.17 Å². The van der Waals surface area contributed by atoms with Crippen LogP contribution in [0.15, 0.2) is 12.4 Å². The number of piperidine rings is 1. The minimum Gasteiger partial charge on any atom is -0.423 e. The second-order valence-corrected chi connectivity index (χ2v) is 3.85. The van der Waals surface area contributed by atoms with Gasteiger partial charge in [-0.15, -0.1) is 0 Å². The van der Waals surface area contributed by atoms with E-state index in [0.29, 0.717) is 31.9 Å². The minimum atomic E-state index is -1.55. The van der Waals surface area contributed by atoms with Gasteiger partial charge >= 0.3 is 7.12 Å². The lowest BCUT2D eigenvalue weighted by Gasteiger charge is -2.28. The minimum absolute atomic E-state index is 0.254. The fraction of sp³-hybridized carbons (Fsp3) is 0.556. The highest BCUT2D eigenvalue weighted by atomic mass is 19.1. The lowest BCUT2D eigenvalue weighted by Crippen LogP contribution is -2.37. The molecule has 7 heteroatoms. The SMILES string of the molecule is OB(O)c1cnc(N2CCC(F)CC2)nc1. The molecule has 0 unspecified atom stereocenters. The number of aromatic nitrogens is 2. The molecule has 1 aromatic heterocycles. The molecular formula is C9H13BFN3O2. The smallest absolute Gasteiger partial charge is 0.423 e. The summed E-state index contributed by atoms with van der Waals surface area (Å²) in [7, 11) is -1.55. The first-order chi connectivity index (χ1) is 7.66. The van der Waals surface area contributed by atoms with Crippen molar-refractivity contribution >= 4 is 18.5 Å². The molecular weight excluding hydrogens is 212 g/mol. The van der Waals surface area contributed by atoms with Gasteiger partial charge in [-0.3, -0.25) is 0 Å². The van der Waals surface area contributed by atoms with Crippen LogP contribution < -0.4 is 10.4 Å². The Hall–Kier alpha value is -1.21. The van der Waals surface area contributed by atoms with Gasteiger partial charge in [0.25, 0.3) is 0 Å². The highest BCUT2D eigenvalue weighted by Crippen LogP contribution is 2.16. The van der Waals surface area contributed by atoms with Crippen molar-refractivity contribution in [3.05, 3.63) is 12.4 Å². The quantitative estimate of drug-likeness (QED) is 0.638. The number of rotatable bonds is 2. The van der Waals surface area contributed by atoms with Crippen LogP contribution in [0.3, 0.4) is 0 Å². The average Bonchev–Trinajstić information content (AvgIpc) is 2.30. The van der Waals surface area contributed by atoms with Gasteiger partial charge in [0.15, 0.2) is 0 Å². The van der Waals surface area contributed by atoms with E-state index in [4.69, 9.17) is 10.0 Å². The highest BCUT2D eigenvalue weighted by molar-refractivity contribution is 6.58. The molecule has 0 bridgehead atoms. The second-order valence-electron chi connectivity index (χ2n) is 3.85. The highest BCUT2D eigenvalue weighted by Gasteiger charge is 2.20. The van der Waals surface area contributed by atoms with Crippen LogP contribution in [0, 0.1) is 0 Å². The molecule has 86 valence electrons. The summed E-state index contributed by atoms with van der Waals surface area (Å²) >= 11 is 0. The number of nitrogens with zero attached hydrogens (tertiary/aromatic N) is 3. The van der Waals surface area contributed by atoms with Crippen molar-refractivity contribution in [3.8, 4) is 0 Å². The zero-order valence-corrected chi connectivity index (χ0v) is 8.75. The van der Waals surface area contributed by atoms with E-state index in [0.717, 1.165) is 0 Å². The Morgan fingerprint density at radius 1 is 1.25 bits per heavy atom. The molecule has 1 aliphatic heterocycles. The average molecular weight is 225 g/mol. The van der Waals surface area contributed by atoms with Crippen molar-refractivity contribution in [2.75, 3.05) is 18.0 Å². The molecule has 2 heterocycles. The van der Waals surface area contributed by atoms with Crippen LogP contribution in [0.4, 0.5) is 10.3 Å². The second kappa shape index (κ2) is 4.75. The molecule has 2 N–H and O–H groups in total. The van der Waals surface area contributed by atoms with Gasteiger partial charge in [0.05, 0.1) is 0 Å². The van der Waals surface area contributed by atoms with Gasteiger partial charge in [-0.05, 0) is 12.8 Å². The maximum atomic E-state index is 12.9. The summed E-state index contributed by atoms with van der Waals surface area (Å²) in [6.07, 6.45) is 3.00. The van der Waals surface area contributed by atoms with E-state index in [-0.39, 0.29) is 5.46 Å². The van der Waals surface area contributed by atoms with Gasteiger partial charge in [-0.25, -0.2) is 14.4 Å². The van der Waals surface area contributed by atoms with Crippen molar-refractivity contribution in [2.45, 2.75) is 19.0 Å². The molecule has 2 rings (SSSR count). The van der Waals surface area contributed by atoms with Crippen molar-refractivity contribution in [1.29, 1.82) is 0 Å². The number of alkyl halides is 1. The number of halogens is 1. The molecule has 0 saturated carbocycles. The van der Waals surface area contributed by atoms with E-state index >= 15 is 0 Å². The zero-order valence-electron chi connectivity index (χ0n) is 8.75. The standard InChI is InChI=1S/C9H13BFN3O2/c11-8-1-3-14(4-2-8)9-12-5-7(6-13-9)10(15)16/h5-6,8,15-16H,1-4H2. The first-order valence-electron chi connectivity index (χ1n) is 5.24. The van der Waals surface area contributed by atoms with Crippen LogP contribution in [-0.4, -0.2) is 46.4 Å². The Labute approximate surface area is 93.1 Å². The third kappa shape index (κ3) is 2.48. The van der Waals surface area contributed by atoms with Crippen LogP contribution in [-0.2, 0) is 0 Å². The summed E-state index contributed by atoms with van der Waals surface area (Å²) in [6.45, 7) is 1.20. The van der Waals surface area contributed by atoms with Crippen molar-refractivity contribution in [2.24, 2.45) is 0 Å². The lowest BCUT2D eigenvalue weighted by molar-refractivity contribution is 0.276. The first-order valence-corrected chi connectivity index (χ1v) is 5.24. The summed E-state index contributed by atoms with van der Waals surface area (Å²) < 4.78 is 12.9. The monoisotopic (exact) mass is 225 g/mol. The van der Waals surface area contributed by atoms with Crippen LogP contribution in [0.2, 0.25) is 0 Å². The number of hydrogen-bond acceptors (Lipinski definition) is 5. The number of anilines is 1. The van der Waals surface area contributed by atoms with E-state index in [1.165, 1.54) is 12.4 Å². The Balaban J connectivity index is 2.04. The van der Waals surface area contributed by atoms with Crippen molar-refractivity contribution < 1.29 is 14.4 Å². The number of hydrogen-bond donors (Lipinski definition) is 2. The molecule has 0 aliphatic carbocycles. The van der Waals surface area contributed by atoms with E-state index in [9.17, 15) is 4.39 Å². The summed E-state index contributed by atoms with van der Waals surface area (Å²) in [5.41, 5.74) is 0.254. The van der Waals surface area contributed by atoms with Gasteiger partial charge in [0, 0.05) is 30.9 Å². The molecule has 0 spiro atoms. The molecule has 16 heavy (non-hydrogen) atoms. The Kier molecular flexibility index (Phi) is 3.35. The van der Waals surface area contributed by atoms with E-state index in [2.05, 4.69) is 9.97 Å². The third-order valence-corrected chi connectivity index (χ3v) is 2.66. The van der Waals surface area contributed by atoms with Crippen molar-refractivity contribution in [1.82, 2.24) is 9.97 Å². The van der Waals surface area contributed by atoms with Gasteiger partial charge in [0.2, 0.25) is 5.95 Å². The van der Waals surface area contributed by atoms with E-state index in [1.54, 1.807) is 0 Å². The normalized spacial score (nSPS) is 17.6. The molecule has 1 saturated heterocycles. The summed E-state index contributed by atoms with van der Waals surface area (Å²) in [4.78, 5) is 9.93. The zero-order chi connectivity index (χ0) is 11.5. The largest absolute Gasteiger partial charge is 0.491 e. The summed E-state index contributed by atoms with van der Waals surface area (Å²) in [5, 5.41) is 17.7. The van der Waals surface area contributed by atoms with Gasteiger partial charge < -0.3 is 14.9 Å². The summed E-state index contributed by atoms with van der Waals surface area (Å²) in [5.74, 6) is 0.510.